The molecule has 0 bridgehead atoms. The lowest BCUT2D eigenvalue weighted by molar-refractivity contribution is 0.0523. The van der Waals surface area contributed by atoms with Crippen LogP contribution in [0.5, 0.6) is 0 Å². The third kappa shape index (κ3) is 3.83. The van der Waals surface area contributed by atoms with Crippen LogP contribution in [0.4, 0.5) is 0 Å². The fraction of sp³-hybridized carbons (Fsp3) is 0.214. The van der Waals surface area contributed by atoms with E-state index in [1.54, 1.807) is 25.1 Å². The van der Waals surface area contributed by atoms with Crippen LogP contribution in [0.2, 0.25) is 10.0 Å². The van der Waals surface area contributed by atoms with Crippen molar-refractivity contribution in [2.45, 2.75) is 13.3 Å². The summed E-state index contributed by atoms with van der Waals surface area (Å²) in [5, 5.41) is 0.888. The molecule has 1 aromatic heterocycles. The standard InChI is InChI=1S/C14H12Cl2N2O3/c1-2-21-14(20)9-7-17-12(18-13(9)19)6-8-3-4-10(15)11(16)5-8/h3-5,7H,2,6H2,1H3,(H,17,18,19). The number of carbonyl (C=O) groups excluding carboxylic acids is 1. The molecule has 0 aliphatic carbocycles. The Morgan fingerprint density at radius 3 is 2.71 bits per heavy atom. The Hall–Kier alpha value is -1.85. The first-order chi connectivity index (χ1) is 10.0. The van der Waals surface area contributed by atoms with Gasteiger partial charge in [0.25, 0.3) is 5.56 Å². The zero-order valence-electron chi connectivity index (χ0n) is 11.2. The number of halogens is 2. The fourth-order valence-electron chi connectivity index (χ4n) is 1.72. The number of carbonyl (C=O) groups is 1. The van der Waals surface area contributed by atoms with E-state index in [-0.39, 0.29) is 12.2 Å². The van der Waals surface area contributed by atoms with Crippen LogP contribution in [0.15, 0.2) is 29.2 Å². The van der Waals surface area contributed by atoms with Crippen LogP contribution < -0.4 is 5.56 Å². The van der Waals surface area contributed by atoms with Crippen molar-refractivity contribution in [2.24, 2.45) is 0 Å². The molecular weight excluding hydrogens is 315 g/mol. The number of H-pyrrole nitrogens is 1. The van der Waals surface area contributed by atoms with E-state index >= 15 is 0 Å². The minimum absolute atomic E-state index is 0.116. The largest absolute Gasteiger partial charge is 0.462 e. The molecule has 0 aliphatic rings. The van der Waals surface area contributed by atoms with Crippen LogP contribution in [0.1, 0.15) is 28.7 Å². The molecule has 2 rings (SSSR count). The second-order valence-corrected chi connectivity index (χ2v) is 5.03. The van der Waals surface area contributed by atoms with Crippen molar-refractivity contribution in [2.75, 3.05) is 6.61 Å². The lowest BCUT2D eigenvalue weighted by Crippen LogP contribution is -2.22. The summed E-state index contributed by atoms with van der Waals surface area (Å²) in [6.07, 6.45) is 1.58. The van der Waals surface area contributed by atoms with E-state index in [4.69, 9.17) is 27.9 Å². The number of aromatic amines is 1. The minimum Gasteiger partial charge on any atom is -0.462 e. The predicted octanol–water partition coefficient (Wildman–Crippen LogP) is 2.84. The van der Waals surface area contributed by atoms with Crippen molar-refractivity contribution >= 4 is 29.2 Å². The van der Waals surface area contributed by atoms with E-state index in [0.717, 1.165) is 5.56 Å². The van der Waals surface area contributed by atoms with Crippen LogP contribution in [0.25, 0.3) is 0 Å². The van der Waals surface area contributed by atoms with E-state index in [1.165, 1.54) is 6.20 Å². The maximum Gasteiger partial charge on any atom is 0.345 e. The van der Waals surface area contributed by atoms with Gasteiger partial charge in [-0.05, 0) is 24.6 Å². The molecule has 0 atom stereocenters. The Bertz CT molecular complexity index is 728. The van der Waals surface area contributed by atoms with Crippen LogP contribution in [-0.2, 0) is 11.2 Å². The Balaban J connectivity index is 2.22. The summed E-state index contributed by atoms with van der Waals surface area (Å²) in [7, 11) is 0. The van der Waals surface area contributed by atoms with Gasteiger partial charge in [0.05, 0.1) is 16.7 Å². The lowest BCUT2D eigenvalue weighted by atomic mass is 10.1. The van der Waals surface area contributed by atoms with Gasteiger partial charge >= 0.3 is 5.97 Å². The highest BCUT2D eigenvalue weighted by molar-refractivity contribution is 6.42. The second-order valence-electron chi connectivity index (χ2n) is 4.22. The number of aromatic nitrogens is 2. The molecule has 0 spiro atoms. The third-order valence-electron chi connectivity index (χ3n) is 2.70. The molecule has 0 unspecified atom stereocenters. The highest BCUT2D eigenvalue weighted by Crippen LogP contribution is 2.23. The average molecular weight is 327 g/mol. The van der Waals surface area contributed by atoms with Crippen LogP contribution in [-0.4, -0.2) is 22.5 Å². The smallest absolute Gasteiger partial charge is 0.345 e. The first kappa shape index (κ1) is 15.5. The minimum atomic E-state index is -0.688. The van der Waals surface area contributed by atoms with E-state index in [2.05, 4.69) is 9.97 Å². The van der Waals surface area contributed by atoms with Crippen molar-refractivity contribution < 1.29 is 9.53 Å². The maximum atomic E-state index is 11.8. The van der Waals surface area contributed by atoms with E-state index in [0.29, 0.717) is 22.3 Å². The molecule has 1 aromatic carbocycles. The van der Waals surface area contributed by atoms with Crippen molar-refractivity contribution in [3.63, 3.8) is 0 Å². The zero-order valence-corrected chi connectivity index (χ0v) is 12.7. The molecule has 0 fully saturated rings. The molecule has 0 aliphatic heterocycles. The van der Waals surface area contributed by atoms with Gasteiger partial charge in [-0.25, -0.2) is 9.78 Å². The van der Waals surface area contributed by atoms with Gasteiger partial charge < -0.3 is 9.72 Å². The van der Waals surface area contributed by atoms with Crippen molar-refractivity contribution in [1.82, 2.24) is 9.97 Å². The summed E-state index contributed by atoms with van der Waals surface area (Å²) in [4.78, 5) is 29.9. The lowest BCUT2D eigenvalue weighted by Gasteiger charge is -2.04. The summed E-state index contributed by atoms with van der Waals surface area (Å²) >= 11 is 11.8. The summed E-state index contributed by atoms with van der Waals surface area (Å²) in [5.74, 6) is -0.265. The number of benzene rings is 1. The first-order valence-electron chi connectivity index (χ1n) is 6.20. The van der Waals surface area contributed by atoms with Gasteiger partial charge in [0.1, 0.15) is 11.4 Å². The SMILES string of the molecule is CCOC(=O)c1cnc(Cc2ccc(Cl)c(Cl)c2)[nH]c1=O. The molecule has 5 nitrogen and oxygen atoms in total. The van der Waals surface area contributed by atoms with Gasteiger partial charge in [-0.15, -0.1) is 0 Å². The highest BCUT2D eigenvalue weighted by atomic mass is 35.5. The van der Waals surface area contributed by atoms with Gasteiger partial charge in [0, 0.05) is 12.6 Å². The fourth-order valence-corrected chi connectivity index (χ4v) is 2.04. The summed E-state index contributed by atoms with van der Waals surface area (Å²) in [5.41, 5.74) is 0.199. The Labute approximate surface area is 130 Å². The number of esters is 1. The zero-order chi connectivity index (χ0) is 15.4. The van der Waals surface area contributed by atoms with Crippen LogP contribution in [0.3, 0.4) is 0 Å². The number of nitrogens with one attached hydrogen (secondary N) is 1. The molecule has 0 saturated heterocycles. The maximum absolute atomic E-state index is 11.8. The second kappa shape index (κ2) is 6.74. The normalized spacial score (nSPS) is 10.4. The van der Waals surface area contributed by atoms with Gasteiger partial charge in [-0.2, -0.15) is 0 Å². The van der Waals surface area contributed by atoms with Crippen LogP contribution >= 0.6 is 23.2 Å². The molecular formula is C14H12Cl2N2O3. The van der Waals surface area contributed by atoms with E-state index in [1.807, 2.05) is 0 Å². The average Bonchev–Trinajstić information content (AvgIpc) is 2.43. The topological polar surface area (TPSA) is 72.0 Å². The van der Waals surface area contributed by atoms with Crippen molar-refractivity contribution in [1.29, 1.82) is 0 Å². The summed E-state index contributed by atoms with van der Waals surface area (Å²) in [6, 6.07) is 5.15. The van der Waals surface area contributed by atoms with Gasteiger partial charge in [0.2, 0.25) is 0 Å². The van der Waals surface area contributed by atoms with Gasteiger partial charge in [0.15, 0.2) is 0 Å². The number of hydrogen-bond donors (Lipinski definition) is 1. The molecule has 0 saturated carbocycles. The Morgan fingerprint density at radius 1 is 1.33 bits per heavy atom. The van der Waals surface area contributed by atoms with Gasteiger partial charge in [-0.3, -0.25) is 4.79 Å². The molecule has 0 amide bonds. The predicted molar refractivity (Wildman–Crippen MR) is 80.1 cm³/mol. The molecule has 1 heterocycles. The molecule has 110 valence electrons. The van der Waals surface area contributed by atoms with Crippen molar-refractivity contribution in [3.8, 4) is 0 Å². The van der Waals surface area contributed by atoms with E-state index < -0.39 is 11.5 Å². The number of rotatable bonds is 4. The van der Waals surface area contributed by atoms with E-state index in [9.17, 15) is 9.59 Å². The van der Waals surface area contributed by atoms with Crippen molar-refractivity contribution in [3.05, 3.63) is 61.7 Å². The molecule has 1 N–H and O–H groups in total. The number of nitrogens with zero attached hydrogens (tertiary/aromatic N) is 1. The molecule has 0 radical (unpaired) electrons. The van der Waals surface area contributed by atoms with Crippen LogP contribution in [0, 0.1) is 0 Å². The molecule has 2 aromatic rings. The molecule has 21 heavy (non-hydrogen) atoms. The monoisotopic (exact) mass is 326 g/mol. The Morgan fingerprint density at radius 2 is 2.10 bits per heavy atom. The third-order valence-corrected chi connectivity index (χ3v) is 3.44. The molecule has 7 heteroatoms. The summed E-state index contributed by atoms with van der Waals surface area (Å²) in [6.45, 7) is 1.86. The highest BCUT2D eigenvalue weighted by Gasteiger charge is 2.13. The number of ether oxygens (including phenoxy) is 1. The first-order valence-corrected chi connectivity index (χ1v) is 6.96. The number of hydrogen-bond acceptors (Lipinski definition) is 4. The summed E-state index contributed by atoms with van der Waals surface area (Å²) < 4.78 is 4.76. The quantitative estimate of drug-likeness (QED) is 0.877. The van der Waals surface area contributed by atoms with Gasteiger partial charge in [-0.1, -0.05) is 29.3 Å². The Kier molecular flexibility index (Phi) is 4.98.